The molecule has 1 amide bonds. The molecular formula is C9H7ClN4OS. The van der Waals surface area contributed by atoms with Crippen molar-refractivity contribution in [2.75, 3.05) is 11.1 Å². The molecule has 2 aromatic rings. The van der Waals surface area contributed by atoms with Crippen LogP contribution in [0.2, 0.25) is 5.02 Å². The topological polar surface area (TPSA) is 80.9 Å². The van der Waals surface area contributed by atoms with E-state index in [-0.39, 0.29) is 5.91 Å². The Balaban J connectivity index is 2.18. The Hall–Kier alpha value is -1.66. The van der Waals surface area contributed by atoms with Crippen molar-refractivity contribution in [2.45, 2.75) is 0 Å². The molecule has 5 nitrogen and oxygen atoms in total. The molecule has 1 aromatic heterocycles. The summed E-state index contributed by atoms with van der Waals surface area (Å²) >= 11 is 6.92. The molecule has 0 aliphatic rings. The van der Waals surface area contributed by atoms with Crippen LogP contribution in [0.1, 0.15) is 10.4 Å². The summed E-state index contributed by atoms with van der Waals surface area (Å²) in [6.07, 6.45) is 1.47. The molecule has 0 bridgehead atoms. The Morgan fingerprint density at radius 2 is 2.31 bits per heavy atom. The molecule has 2 rings (SSSR count). The molecule has 0 aliphatic heterocycles. The van der Waals surface area contributed by atoms with Crippen LogP contribution in [0.15, 0.2) is 24.4 Å². The van der Waals surface area contributed by atoms with Crippen LogP contribution in [-0.4, -0.2) is 15.5 Å². The Bertz CT molecular complexity index is 514. The lowest BCUT2D eigenvalue weighted by molar-refractivity contribution is 0.102. The number of halogens is 1. The molecule has 0 saturated heterocycles. The van der Waals surface area contributed by atoms with Gasteiger partial charge in [-0.25, -0.2) is 0 Å². The van der Waals surface area contributed by atoms with E-state index in [1.54, 1.807) is 12.1 Å². The third-order valence-corrected chi connectivity index (χ3v) is 2.77. The second-order valence-corrected chi connectivity index (χ2v) is 4.17. The van der Waals surface area contributed by atoms with Gasteiger partial charge < -0.3 is 11.1 Å². The maximum Gasteiger partial charge on any atom is 0.256 e. The number of anilines is 2. The number of nitrogen functional groups attached to an aromatic ring is 1. The zero-order chi connectivity index (χ0) is 11.5. The van der Waals surface area contributed by atoms with E-state index in [0.29, 0.717) is 21.3 Å². The van der Waals surface area contributed by atoms with Crippen LogP contribution in [0, 0.1) is 0 Å². The van der Waals surface area contributed by atoms with Gasteiger partial charge in [0.2, 0.25) is 0 Å². The summed E-state index contributed by atoms with van der Waals surface area (Å²) in [5, 5.41) is 7.19. The summed E-state index contributed by atoms with van der Waals surface area (Å²) in [7, 11) is 0. The first-order valence-electron chi connectivity index (χ1n) is 4.30. The van der Waals surface area contributed by atoms with E-state index in [1.807, 2.05) is 0 Å². The number of carbonyl (C=O) groups excluding carboxylic acids is 1. The number of amides is 1. The van der Waals surface area contributed by atoms with Crippen molar-refractivity contribution in [1.82, 2.24) is 9.59 Å². The maximum absolute atomic E-state index is 11.7. The SMILES string of the molecule is Nc1ccc(C(=O)Nc2cnns2)cc1Cl. The fraction of sp³-hybridized carbons (Fsp3) is 0. The van der Waals surface area contributed by atoms with Gasteiger partial charge in [-0.1, -0.05) is 16.1 Å². The number of rotatable bonds is 2. The molecule has 3 N–H and O–H groups in total. The number of carbonyl (C=O) groups is 1. The van der Waals surface area contributed by atoms with E-state index in [0.717, 1.165) is 11.5 Å². The van der Waals surface area contributed by atoms with Gasteiger partial charge >= 0.3 is 0 Å². The van der Waals surface area contributed by atoms with Crippen molar-refractivity contribution in [2.24, 2.45) is 0 Å². The molecule has 7 heteroatoms. The minimum atomic E-state index is -0.270. The zero-order valence-corrected chi connectivity index (χ0v) is 9.55. The summed E-state index contributed by atoms with van der Waals surface area (Å²) in [6.45, 7) is 0. The number of hydrogen-bond donors (Lipinski definition) is 2. The van der Waals surface area contributed by atoms with Crippen LogP contribution in [-0.2, 0) is 0 Å². The summed E-state index contributed by atoms with van der Waals surface area (Å²) in [6, 6.07) is 4.70. The molecule has 0 aliphatic carbocycles. The molecule has 0 fully saturated rings. The third-order valence-electron chi connectivity index (χ3n) is 1.86. The van der Waals surface area contributed by atoms with Crippen LogP contribution in [0.3, 0.4) is 0 Å². The minimum Gasteiger partial charge on any atom is -0.398 e. The first kappa shape index (κ1) is 10.8. The van der Waals surface area contributed by atoms with Gasteiger partial charge in [0.25, 0.3) is 5.91 Å². The van der Waals surface area contributed by atoms with Gasteiger partial charge in [-0.3, -0.25) is 4.79 Å². The summed E-state index contributed by atoms with van der Waals surface area (Å²) < 4.78 is 3.63. The highest BCUT2D eigenvalue weighted by atomic mass is 35.5. The second-order valence-electron chi connectivity index (χ2n) is 2.97. The van der Waals surface area contributed by atoms with Crippen LogP contribution >= 0.6 is 23.1 Å². The van der Waals surface area contributed by atoms with Gasteiger partial charge in [-0.15, -0.1) is 5.10 Å². The van der Waals surface area contributed by atoms with Crippen molar-refractivity contribution in [3.63, 3.8) is 0 Å². The van der Waals surface area contributed by atoms with Crippen LogP contribution < -0.4 is 11.1 Å². The monoisotopic (exact) mass is 254 g/mol. The fourth-order valence-corrected chi connectivity index (χ4v) is 1.67. The van der Waals surface area contributed by atoms with Crippen LogP contribution in [0.5, 0.6) is 0 Å². The van der Waals surface area contributed by atoms with Gasteiger partial charge in [0, 0.05) is 17.1 Å². The Kier molecular flexibility index (Phi) is 3.02. The summed E-state index contributed by atoms with van der Waals surface area (Å²) in [5.41, 5.74) is 6.42. The van der Waals surface area contributed by atoms with Crippen molar-refractivity contribution in [1.29, 1.82) is 0 Å². The molecule has 82 valence electrons. The Morgan fingerprint density at radius 1 is 1.50 bits per heavy atom. The number of hydrogen-bond acceptors (Lipinski definition) is 5. The van der Waals surface area contributed by atoms with Gasteiger partial charge in [0.15, 0.2) is 0 Å². The number of nitrogens with zero attached hydrogens (tertiary/aromatic N) is 2. The molecule has 0 radical (unpaired) electrons. The predicted molar refractivity (Wildman–Crippen MR) is 63.7 cm³/mol. The molecule has 0 saturated carbocycles. The van der Waals surface area contributed by atoms with Crippen molar-refractivity contribution in [3.05, 3.63) is 35.0 Å². The molecule has 16 heavy (non-hydrogen) atoms. The second kappa shape index (κ2) is 4.46. The fourth-order valence-electron chi connectivity index (χ4n) is 1.07. The standard InChI is InChI=1S/C9H7ClN4OS/c10-6-3-5(1-2-7(6)11)9(15)13-8-4-12-14-16-8/h1-4H,11H2,(H,13,15). The molecular weight excluding hydrogens is 248 g/mol. The van der Waals surface area contributed by atoms with Gasteiger partial charge in [-0.2, -0.15) is 0 Å². The lowest BCUT2D eigenvalue weighted by atomic mass is 10.2. The number of nitrogens with one attached hydrogen (secondary N) is 1. The number of nitrogens with two attached hydrogens (primary N) is 1. The Morgan fingerprint density at radius 3 is 2.94 bits per heavy atom. The molecule has 1 aromatic carbocycles. The predicted octanol–water partition coefficient (Wildman–Crippen LogP) is 2.03. The number of benzene rings is 1. The van der Waals surface area contributed by atoms with Crippen molar-refractivity contribution >= 4 is 39.7 Å². The quantitative estimate of drug-likeness (QED) is 0.804. The highest BCUT2D eigenvalue weighted by molar-refractivity contribution is 7.10. The van der Waals surface area contributed by atoms with E-state index < -0.39 is 0 Å². The lowest BCUT2D eigenvalue weighted by Crippen LogP contribution is -2.10. The molecule has 1 heterocycles. The highest BCUT2D eigenvalue weighted by Crippen LogP contribution is 2.20. The van der Waals surface area contributed by atoms with Crippen LogP contribution in [0.4, 0.5) is 10.7 Å². The molecule has 0 unspecified atom stereocenters. The van der Waals surface area contributed by atoms with Gasteiger partial charge in [0.05, 0.1) is 16.9 Å². The van der Waals surface area contributed by atoms with E-state index in [4.69, 9.17) is 17.3 Å². The lowest BCUT2D eigenvalue weighted by Gasteiger charge is -2.03. The third kappa shape index (κ3) is 2.29. The maximum atomic E-state index is 11.7. The minimum absolute atomic E-state index is 0.270. The highest BCUT2D eigenvalue weighted by Gasteiger charge is 2.08. The van der Waals surface area contributed by atoms with E-state index in [1.165, 1.54) is 12.3 Å². The Labute approximate surface area is 100 Å². The van der Waals surface area contributed by atoms with E-state index >= 15 is 0 Å². The van der Waals surface area contributed by atoms with Crippen LogP contribution in [0.25, 0.3) is 0 Å². The average Bonchev–Trinajstić information content (AvgIpc) is 2.74. The first-order chi connectivity index (χ1) is 7.66. The van der Waals surface area contributed by atoms with E-state index in [2.05, 4.69) is 14.9 Å². The average molecular weight is 255 g/mol. The molecule has 0 atom stereocenters. The van der Waals surface area contributed by atoms with Crippen molar-refractivity contribution in [3.8, 4) is 0 Å². The van der Waals surface area contributed by atoms with Crippen molar-refractivity contribution < 1.29 is 4.79 Å². The smallest absolute Gasteiger partial charge is 0.256 e. The van der Waals surface area contributed by atoms with E-state index in [9.17, 15) is 4.79 Å². The number of aromatic nitrogens is 2. The first-order valence-corrected chi connectivity index (χ1v) is 5.45. The summed E-state index contributed by atoms with van der Waals surface area (Å²) in [5.74, 6) is -0.270. The summed E-state index contributed by atoms with van der Waals surface area (Å²) in [4.78, 5) is 11.7. The molecule has 0 spiro atoms. The zero-order valence-electron chi connectivity index (χ0n) is 7.98. The van der Waals surface area contributed by atoms with Gasteiger partial charge in [0.1, 0.15) is 5.00 Å². The largest absolute Gasteiger partial charge is 0.398 e. The normalized spacial score (nSPS) is 10.1. The van der Waals surface area contributed by atoms with Gasteiger partial charge in [-0.05, 0) is 18.2 Å².